The molecule has 2 aromatic rings. The molecule has 0 saturated heterocycles. The summed E-state index contributed by atoms with van der Waals surface area (Å²) >= 11 is 0. The predicted octanol–water partition coefficient (Wildman–Crippen LogP) is 4.15. The molecule has 9 heteroatoms. The van der Waals surface area contributed by atoms with Crippen LogP contribution in [0.3, 0.4) is 0 Å². The number of methoxy groups -OCH3 is 3. The minimum atomic E-state index is -2.65. The number of hydrogen-bond acceptors (Lipinski definition) is 6. The molecule has 0 unspecified atom stereocenters. The van der Waals surface area contributed by atoms with Gasteiger partial charge in [0.05, 0.1) is 38.0 Å². The second-order valence-electron chi connectivity index (χ2n) is 7.86. The number of nitrogens with one attached hydrogen (secondary N) is 1. The number of alkyl halides is 2. The molecule has 0 radical (unpaired) electrons. The van der Waals surface area contributed by atoms with Gasteiger partial charge in [-0.15, -0.1) is 0 Å². The van der Waals surface area contributed by atoms with Gasteiger partial charge in [0.1, 0.15) is 0 Å². The molecule has 32 heavy (non-hydrogen) atoms. The number of hydrogen-bond donors (Lipinski definition) is 1. The number of rotatable bonds is 9. The van der Waals surface area contributed by atoms with E-state index in [0.29, 0.717) is 23.6 Å². The van der Waals surface area contributed by atoms with Crippen molar-refractivity contribution in [3.8, 4) is 11.8 Å². The van der Waals surface area contributed by atoms with Crippen LogP contribution < -0.4 is 14.8 Å². The molecule has 1 aliphatic rings. The molecule has 1 saturated carbocycles. The summed E-state index contributed by atoms with van der Waals surface area (Å²) in [6.45, 7) is 0.371. The van der Waals surface area contributed by atoms with E-state index >= 15 is 0 Å². The van der Waals surface area contributed by atoms with Crippen LogP contribution in [0.5, 0.6) is 11.8 Å². The highest BCUT2D eigenvalue weighted by Crippen LogP contribution is 2.42. The first kappa shape index (κ1) is 23.8. The van der Waals surface area contributed by atoms with E-state index in [1.165, 1.54) is 26.6 Å². The van der Waals surface area contributed by atoms with Crippen LogP contribution in [0.15, 0.2) is 30.6 Å². The van der Waals surface area contributed by atoms with Crippen LogP contribution in [0.1, 0.15) is 59.5 Å². The van der Waals surface area contributed by atoms with Crippen molar-refractivity contribution in [2.45, 2.75) is 44.1 Å². The molecule has 1 amide bonds. The SMILES string of the molecule is COC[C@@H](NC(=O)c1ccc(OC)nc1)[C@H]1CC[C@H](c2ccnc(OC)c2C(F)F)CC1. The molecule has 174 valence electrons. The number of pyridine rings is 2. The Morgan fingerprint density at radius 1 is 1.09 bits per heavy atom. The Morgan fingerprint density at radius 2 is 1.84 bits per heavy atom. The molecule has 0 aromatic carbocycles. The summed E-state index contributed by atoms with van der Waals surface area (Å²) < 4.78 is 42.8. The summed E-state index contributed by atoms with van der Waals surface area (Å²) in [6, 6.07) is 4.77. The number of aromatic nitrogens is 2. The molecular weight excluding hydrogens is 420 g/mol. The predicted molar refractivity (Wildman–Crippen MR) is 114 cm³/mol. The van der Waals surface area contributed by atoms with Crippen LogP contribution in [-0.4, -0.2) is 49.9 Å². The van der Waals surface area contributed by atoms with Crippen molar-refractivity contribution in [1.82, 2.24) is 15.3 Å². The molecule has 3 rings (SSSR count). The highest BCUT2D eigenvalue weighted by molar-refractivity contribution is 5.94. The van der Waals surface area contributed by atoms with Gasteiger partial charge in [-0.25, -0.2) is 18.7 Å². The molecule has 1 atom stereocenters. The van der Waals surface area contributed by atoms with Crippen LogP contribution in [0, 0.1) is 5.92 Å². The standard InChI is InChI=1S/C23H29F2N3O4/c1-30-13-18(28-22(29)16-8-9-19(31-2)27-12-16)15-6-4-14(5-7-15)17-10-11-26-23(32-3)20(17)21(24)25/h8-12,14-15,18,21H,4-7,13H2,1-3H3,(H,28,29)/t14-,15-,18-/m1/s1. The first-order chi connectivity index (χ1) is 15.5. The average molecular weight is 449 g/mol. The van der Waals surface area contributed by atoms with Gasteiger partial charge in [0.15, 0.2) is 0 Å². The lowest BCUT2D eigenvalue weighted by Crippen LogP contribution is -2.44. The lowest BCUT2D eigenvalue weighted by atomic mass is 9.75. The lowest BCUT2D eigenvalue weighted by Gasteiger charge is -2.35. The van der Waals surface area contributed by atoms with Gasteiger partial charge in [-0.05, 0) is 55.2 Å². The zero-order valence-electron chi connectivity index (χ0n) is 18.5. The lowest BCUT2D eigenvalue weighted by molar-refractivity contribution is 0.0816. The first-order valence-corrected chi connectivity index (χ1v) is 10.6. The largest absolute Gasteiger partial charge is 0.481 e. The van der Waals surface area contributed by atoms with Gasteiger partial charge < -0.3 is 19.5 Å². The van der Waals surface area contributed by atoms with Crippen LogP contribution in [0.25, 0.3) is 0 Å². The van der Waals surface area contributed by atoms with E-state index in [1.807, 2.05) is 0 Å². The zero-order valence-corrected chi connectivity index (χ0v) is 18.5. The third-order valence-electron chi connectivity index (χ3n) is 6.05. The molecule has 7 nitrogen and oxygen atoms in total. The third-order valence-corrected chi connectivity index (χ3v) is 6.05. The summed E-state index contributed by atoms with van der Waals surface area (Å²) in [5, 5.41) is 3.05. The number of nitrogens with zero attached hydrogens (tertiary/aromatic N) is 2. The Balaban J connectivity index is 1.67. The van der Waals surface area contributed by atoms with Gasteiger partial charge in [-0.2, -0.15) is 0 Å². The summed E-state index contributed by atoms with van der Waals surface area (Å²) in [4.78, 5) is 20.7. The zero-order chi connectivity index (χ0) is 23.1. The number of ether oxygens (including phenoxy) is 3. The monoisotopic (exact) mass is 449 g/mol. The Morgan fingerprint density at radius 3 is 2.41 bits per heavy atom. The molecule has 1 fully saturated rings. The molecular formula is C23H29F2N3O4. The second kappa shape index (κ2) is 11.2. The van der Waals surface area contributed by atoms with Crippen molar-refractivity contribution >= 4 is 5.91 Å². The van der Waals surface area contributed by atoms with Gasteiger partial charge in [-0.1, -0.05) is 0 Å². The van der Waals surface area contributed by atoms with Crippen LogP contribution in [0.2, 0.25) is 0 Å². The number of halogens is 2. The Labute approximate surface area is 186 Å². The van der Waals surface area contributed by atoms with E-state index in [1.54, 1.807) is 25.3 Å². The van der Waals surface area contributed by atoms with E-state index in [0.717, 1.165) is 25.7 Å². The highest BCUT2D eigenvalue weighted by Gasteiger charge is 2.32. The fourth-order valence-corrected chi connectivity index (χ4v) is 4.40. The highest BCUT2D eigenvalue weighted by atomic mass is 19.3. The Kier molecular flexibility index (Phi) is 8.33. The minimum absolute atomic E-state index is 0.00293. The van der Waals surface area contributed by atoms with E-state index in [9.17, 15) is 13.6 Å². The molecule has 0 spiro atoms. The molecule has 2 aromatic heterocycles. The number of amides is 1. The first-order valence-electron chi connectivity index (χ1n) is 10.6. The minimum Gasteiger partial charge on any atom is -0.481 e. The fraction of sp³-hybridized carbons (Fsp3) is 0.522. The summed E-state index contributed by atoms with van der Waals surface area (Å²) in [7, 11) is 4.46. The van der Waals surface area contributed by atoms with Crippen LogP contribution in [-0.2, 0) is 4.74 Å². The van der Waals surface area contributed by atoms with E-state index < -0.39 is 6.43 Å². The van der Waals surface area contributed by atoms with E-state index in [2.05, 4.69) is 15.3 Å². The van der Waals surface area contributed by atoms with Crippen molar-refractivity contribution in [3.63, 3.8) is 0 Å². The summed E-state index contributed by atoms with van der Waals surface area (Å²) in [6.07, 6.45) is 3.38. The normalized spacial score (nSPS) is 19.4. The molecule has 1 aliphatic carbocycles. The molecule has 2 heterocycles. The molecule has 0 aliphatic heterocycles. The number of carbonyl (C=O) groups is 1. The molecule has 1 N–H and O–H groups in total. The van der Waals surface area contributed by atoms with Crippen molar-refractivity contribution in [2.75, 3.05) is 27.9 Å². The average Bonchev–Trinajstić information content (AvgIpc) is 2.83. The third kappa shape index (κ3) is 5.51. The van der Waals surface area contributed by atoms with Gasteiger partial charge in [0, 0.05) is 25.6 Å². The Hall–Kier alpha value is -2.81. The van der Waals surface area contributed by atoms with Gasteiger partial charge in [0.2, 0.25) is 11.8 Å². The van der Waals surface area contributed by atoms with Crippen molar-refractivity contribution in [2.24, 2.45) is 5.92 Å². The van der Waals surface area contributed by atoms with Crippen molar-refractivity contribution in [1.29, 1.82) is 0 Å². The van der Waals surface area contributed by atoms with Gasteiger partial charge in [0.25, 0.3) is 12.3 Å². The summed E-state index contributed by atoms with van der Waals surface area (Å²) in [5.74, 6) is 0.363. The fourth-order valence-electron chi connectivity index (χ4n) is 4.40. The maximum Gasteiger partial charge on any atom is 0.269 e. The van der Waals surface area contributed by atoms with Gasteiger partial charge in [-0.3, -0.25) is 4.79 Å². The quantitative estimate of drug-likeness (QED) is 0.619. The van der Waals surface area contributed by atoms with Gasteiger partial charge >= 0.3 is 0 Å². The topological polar surface area (TPSA) is 82.6 Å². The Bertz CT molecular complexity index is 887. The number of carbonyl (C=O) groups excluding carboxylic acids is 1. The van der Waals surface area contributed by atoms with Crippen molar-refractivity contribution < 1.29 is 27.8 Å². The van der Waals surface area contributed by atoms with Crippen LogP contribution >= 0.6 is 0 Å². The van der Waals surface area contributed by atoms with E-state index in [-0.39, 0.29) is 35.2 Å². The maximum absolute atomic E-state index is 13.7. The van der Waals surface area contributed by atoms with E-state index in [4.69, 9.17) is 14.2 Å². The summed E-state index contributed by atoms with van der Waals surface area (Å²) in [5.41, 5.74) is 0.917. The van der Waals surface area contributed by atoms with Crippen molar-refractivity contribution in [3.05, 3.63) is 47.3 Å². The van der Waals surface area contributed by atoms with Crippen LogP contribution in [0.4, 0.5) is 8.78 Å². The smallest absolute Gasteiger partial charge is 0.269 e. The molecule has 0 bridgehead atoms. The maximum atomic E-state index is 13.7. The second-order valence-corrected chi connectivity index (χ2v) is 7.86.